The van der Waals surface area contributed by atoms with Gasteiger partial charge in [-0.15, -0.1) is 0 Å². The second-order valence-corrected chi connectivity index (χ2v) is 9.90. The molecule has 0 spiro atoms. The number of allylic oxidation sites excluding steroid dienone is 4. The van der Waals surface area contributed by atoms with E-state index < -0.39 is 35.6 Å². The van der Waals surface area contributed by atoms with Gasteiger partial charge in [0, 0.05) is 65.7 Å². The fourth-order valence-electron chi connectivity index (χ4n) is 4.04. The Morgan fingerprint density at radius 3 is 2.13 bits per heavy atom. The van der Waals surface area contributed by atoms with Gasteiger partial charge in [0.05, 0.1) is 0 Å². The summed E-state index contributed by atoms with van der Waals surface area (Å²) in [5.41, 5.74) is -0.316. The zero-order chi connectivity index (χ0) is 29.2. The normalized spacial score (nSPS) is 19.2. The minimum atomic E-state index is -4.73. The van der Waals surface area contributed by atoms with Crippen molar-refractivity contribution in [2.75, 3.05) is 20.1 Å². The largest absolute Gasteiger partial charge is 0.413 e. The van der Waals surface area contributed by atoms with Crippen LogP contribution in [0, 0.1) is 12.8 Å². The van der Waals surface area contributed by atoms with E-state index >= 15 is 0 Å². The van der Waals surface area contributed by atoms with E-state index in [9.17, 15) is 30.7 Å². The van der Waals surface area contributed by atoms with Crippen LogP contribution in [0.4, 0.5) is 30.7 Å². The van der Waals surface area contributed by atoms with Gasteiger partial charge in [-0.25, -0.2) is 17.6 Å². The Hall–Kier alpha value is -2.52. The Morgan fingerprint density at radius 1 is 1.13 bits per heavy atom. The van der Waals surface area contributed by atoms with Crippen molar-refractivity contribution in [1.29, 1.82) is 0 Å². The van der Waals surface area contributed by atoms with Gasteiger partial charge in [0.25, 0.3) is 5.92 Å². The van der Waals surface area contributed by atoms with Crippen molar-refractivity contribution in [1.82, 2.24) is 4.90 Å². The zero-order valence-corrected chi connectivity index (χ0v) is 22.7. The molecule has 0 saturated heterocycles. The first kappa shape index (κ1) is 31.7. The molecule has 0 radical (unpaired) electrons. The monoisotopic (exact) mass is 582 g/mol. The van der Waals surface area contributed by atoms with Gasteiger partial charge in [0.2, 0.25) is 0 Å². The standard InChI is InChI=1S/C27H27Cl2F7N2/c1-14-7-20(28)24(21(29)8-14)15(2)12-38(17(4)19(11-37-6)16(3)27(34,35)36)13-18-9-22(30)25(23(31)10-18)26(5,32)33/h7-11,22,25H,2,4,12-13H2,1,3,5-6H3/b19-16-,37-11?. The van der Waals surface area contributed by atoms with Crippen molar-refractivity contribution in [2.45, 2.75) is 39.0 Å². The maximum Gasteiger partial charge on any atom is 0.413 e. The van der Waals surface area contributed by atoms with Crippen molar-refractivity contribution in [2.24, 2.45) is 10.9 Å². The first-order valence-electron chi connectivity index (χ1n) is 11.3. The van der Waals surface area contributed by atoms with Gasteiger partial charge < -0.3 is 4.90 Å². The summed E-state index contributed by atoms with van der Waals surface area (Å²) in [4.78, 5) is 4.96. The quantitative estimate of drug-likeness (QED) is 0.161. The molecule has 2 unspecified atom stereocenters. The fraction of sp³-hybridized carbons (Fsp3) is 0.370. The topological polar surface area (TPSA) is 15.6 Å². The Balaban J connectivity index is 2.58. The van der Waals surface area contributed by atoms with Crippen LogP contribution in [0.2, 0.25) is 10.0 Å². The number of aliphatic imine (C=N–C) groups is 1. The van der Waals surface area contributed by atoms with Gasteiger partial charge >= 0.3 is 6.18 Å². The van der Waals surface area contributed by atoms with Crippen LogP contribution >= 0.6 is 23.2 Å². The highest BCUT2D eigenvalue weighted by Crippen LogP contribution is 2.40. The predicted molar refractivity (Wildman–Crippen MR) is 140 cm³/mol. The van der Waals surface area contributed by atoms with Crippen LogP contribution in [-0.4, -0.2) is 49.5 Å². The van der Waals surface area contributed by atoms with E-state index in [1.165, 1.54) is 11.9 Å². The molecule has 1 aliphatic rings. The van der Waals surface area contributed by atoms with Gasteiger partial charge in [-0.1, -0.05) is 36.4 Å². The second kappa shape index (κ2) is 12.1. The average molecular weight is 583 g/mol. The molecule has 0 fully saturated rings. The van der Waals surface area contributed by atoms with Gasteiger partial charge in [-0.2, -0.15) is 13.2 Å². The summed E-state index contributed by atoms with van der Waals surface area (Å²) in [6.45, 7) is 10.1. The van der Waals surface area contributed by atoms with E-state index in [2.05, 4.69) is 18.2 Å². The Kier molecular flexibility index (Phi) is 10.1. The van der Waals surface area contributed by atoms with E-state index in [1.54, 1.807) is 19.1 Å². The summed E-state index contributed by atoms with van der Waals surface area (Å²) in [7, 11) is 1.27. The molecule has 2 nitrogen and oxygen atoms in total. The molecule has 0 heterocycles. The number of halogens is 9. The van der Waals surface area contributed by atoms with Gasteiger partial charge in [0.1, 0.15) is 17.9 Å². The highest BCUT2D eigenvalue weighted by molar-refractivity contribution is 6.37. The van der Waals surface area contributed by atoms with E-state index in [1.807, 2.05) is 0 Å². The number of aryl methyl sites for hydroxylation is 1. The summed E-state index contributed by atoms with van der Waals surface area (Å²) in [6, 6.07) is 3.24. The van der Waals surface area contributed by atoms with Crippen molar-refractivity contribution in [3.05, 3.63) is 86.9 Å². The summed E-state index contributed by atoms with van der Waals surface area (Å²) in [6.07, 6.45) is -4.57. The molecule has 1 aliphatic carbocycles. The van der Waals surface area contributed by atoms with E-state index in [0.717, 1.165) is 30.9 Å². The molecule has 0 aliphatic heterocycles. The highest BCUT2D eigenvalue weighted by Gasteiger charge is 2.44. The number of benzene rings is 1. The third kappa shape index (κ3) is 7.53. The number of hydrogen-bond donors (Lipinski definition) is 0. The minimum Gasteiger partial charge on any atom is -0.363 e. The molecule has 38 heavy (non-hydrogen) atoms. The zero-order valence-electron chi connectivity index (χ0n) is 21.2. The molecule has 0 amide bonds. The molecule has 1 aromatic rings. The van der Waals surface area contributed by atoms with Crippen LogP contribution in [0.25, 0.3) is 5.57 Å². The summed E-state index contributed by atoms with van der Waals surface area (Å²) in [5.74, 6) is -7.36. The average Bonchev–Trinajstić information content (AvgIpc) is 2.73. The number of nitrogens with zero attached hydrogens (tertiary/aromatic N) is 2. The maximum atomic E-state index is 14.6. The lowest BCUT2D eigenvalue weighted by molar-refractivity contribution is -0.0918. The number of alkyl halides is 6. The molecule has 2 atom stereocenters. The smallest absolute Gasteiger partial charge is 0.363 e. The molecular weight excluding hydrogens is 556 g/mol. The van der Waals surface area contributed by atoms with Crippen LogP contribution < -0.4 is 0 Å². The van der Waals surface area contributed by atoms with Crippen LogP contribution in [0.15, 0.2) is 70.7 Å². The van der Waals surface area contributed by atoms with Gasteiger partial charge in [-0.05, 0) is 54.8 Å². The van der Waals surface area contributed by atoms with E-state index in [-0.39, 0.29) is 45.6 Å². The van der Waals surface area contributed by atoms with Crippen molar-refractivity contribution >= 4 is 35.0 Å². The van der Waals surface area contributed by atoms with Crippen molar-refractivity contribution < 1.29 is 30.7 Å². The summed E-state index contributed by atoms with van der Waals surface area (Å²) >= 11 is 12.7. The SMILES string of the molecule is C=C(CN(CC1=CC(F)C(C(C)(F)F)C(F)=C1)C(=C)/C(C=NC)=C(/C)C(F)(F)F)c1c(Cl)cc(C)cc1Cl. The Labute approximate surface area is 227 Å². The number of hydrogen-bond acceptors (Lipinski definition) is 2. The van der Waals surface area contributed by atoms with Crippen molar-refractivity contribution in [3.63, 3.8) is 0 Å². The van der Waals surface area contributed by atoms with Gasteiger partial charge in [-0.3, -0.25) is 4.99 Å². The maximum absolute atomic E-state index is 14.6. The van der Waals surface area contributed by atoms with Crippen molar-refractivity contribution in [3.8, 4) is 0 Å². The first-order chi connectivity index (χ1) is 17.4. The van der Waals surface area contributed by atoms with E-state index in [4.69, 9.17) is 23.2 Å². The Bertz CT molecular complexity index is 1200. The second-order valence-electron chi connectivity index (χ2n) is 9.08. The van der Waals surface area contributed by atoms with Crippen LogP contribution in [0.3, 0.4) is 0 Å². The predicted octanol–water partition coefficient (Wildman–Crippen LogP) is 9.11. The lowest BCUT2D eigenvalue weighted by atomic mass is 9.88. The highest BCUT2D eigenvalue weighted by atomic mass is 35.5. The lowest BCUT2D eigenvalue weighted by Gasteiger charge is -2.32. The minimum absolute atomic E-state index is 0.0806. The van der Waals surface area contributed by atoms with Crippen LogP contribution in [0.5, 0.6) is 0 Å². The summed E-state index contributed by atoms with van der Waals surface area (Å²) in [5, 5.41) is 0.477. The summed E-state index contributed by atoms with van der Waals surface area (Å²) < 4.78 is 97.5. The molecule has 208 valence electrons. The van der Waals surface area contributed by atoms with Gasteiger partial charge in [0.15, 0.2) is 0 Å². The lowest BCUT2D eigenvalue weighted by Crippen LogP contribution is -2.36. The third-order valence-corrected chi connectivity index (χ3v) is 6.53. The molecule has 1 aromatic carbocycles. The fourth-order valence-corrected chi connectivity index (χ4v) is 4.91. The molecule has 0 aromatic heterocycles. The third-order valence-electron chi connectivity index (χ3n) is 5.93. The van der Waals surface area contributed by atoms with Crippen LogP contribution in [-0.2, 0) is 0 Å². The Morgan fingerprint density at radius 2 is 1.68 bits per heavy atom. The molecule has 0 saturated carbocycles. The van der Waals surface area contributed by atoms with Crippen LogP contribution in [0.1, 0.15) is 25.0 Å². The van der Waals surface area contributed by atoms with E-state index in [0.29, 0.717) is 12.5 Å². The molecule has 0 bridgehead atoms. The first-order valence-corrected chi connectivity index (χ1v) is 12.0. The number of rotatable bonds is 9. The molecule has 11 heteroatoms. The molecule has 0 N–H and O–H groups in total. The molecule has 2 rings (SSSR count). The molecular formula is C27H27Cl2F7N2.